The van der Waals surface area contributed by atoms with Crippen LogP contribution in [0, 0.1) is 0 Å². The van der Waals surface area contributed by atoms with E-state index in [0.717, 1.165) is 0 Å². The van der Waals surface area contributed by atoms with Gasteiger partial charge in [-0.05, 0) is 30.5 Å². The van der Waals surface area contributed by atoms with Crippen molar-refractivity contribution >= 4 is 52.5 Å². The summed E-state index contributed by atoms with van der Waals surface area (Å²) in [4.78, 5) is 31.2. The highest BCUT2D eigenvalue weighted by Crippen LogP contribution is 2.45. The fraction of sp³-hybridized carbons (Fsp3) is 0.261. The van der Waals surface area contributed by atoms with Crippen molar-refractivity contribution in [3.8, 4) is 22.9 Å². The number of ether oxygens (including phenoxy) is 1. The van der Waals surface area contributed by atoms with Crippen LogP contribution in [0.25, 0.3) is 11.3 Å². The first-order valence-electron chi connectivity index (χ1n) is 10.5. The van der Waals surface area contributed by atoms with E-state index < -0.39 is 18.0 Å². The molecule has 0 saturated carbocycles. The average Bonchev–Trinajstić information content (AvgIpc) is 2.83. The van der Waals surface area contributed by atoms with Gasteiger partial charge in [0.25, 0.3) is 17.0 Å². The Labute approximate surface area is 210 Å². The molecule has 1 aromatic heterocycles. The maximum absolute atomic E-state index is 13.3. The van der Waals surface area contributed by atoms with Gasteiger partial charge < -0.3 is 9.84 Å². The van der Waals surface area contributed by atoms with Crippen molar-refractivity contribution in [3.63, 3.8) is 0 Å². The summed E-state index contributed by atoms with van der Waals surface area (Å²) < 4.78 is 7.01. The number of hydrogen-bond acceptors (Lipinski definition) is 7. The predicted molar refractivity (Wildman–Crippen MR) is 127 cm³/mol. The number of aromatic nitrogens is 3. The average molecular weight is 519 g/mol. The lowest BCUT2D eigenvalue weighted by molar-refractivity contribution is -0.764. The van der Waals surface area contributed by atoms with E-state index in [1.807, 2.05) is 0 Å². The molecular formula is C23H20Cl2N4O4S. The number of carbonyl (C=O) groups is 2. The Kier molecular flexibility index (Phi) is 6.97. The Morgan fingerprint density at radius 1 is 1.21 bits per heavy atom. The summed E-state index contributed by atoms with van der Waals surface area (Å²) in [5.74, 6) is -1.21. The van der Waals surface area contributed by atoms with E-state index in [1.165, 1.54) is 27.4 Å². The van der Waals surface area contributed by atoms with Gasteiger partial charge in [0.1, 0.15) is 0 Å². The number of para-hydroxylation sites is 1. The second kappa shape index (κ2) is 9.77. The van der Waals surface area contributed by atoms with E-state index in [2.05, 4.69) is 10.1 Å². The lowest BCUT2D eigenvalue weighted by Crippen LogP contribution is -2.59. The number of esters is 1. The van der Waals surface area contributed by atoms with E-state index in [4.69, 9.17) is 27.9 Å². The topological polar surface area (TPSA) is 99.3 Å². The van der Waals surface area contributed by atoms with Crippen LogP contribution in [0.1, 0.15) is 38.4 Å². The van der Waals surface area contributed by atoms with Crippen molar-refractivity contribution in [1.29, 1.82) is 0 Å². The van der Waals surface area contributed by atoms with Crippen molar-refractivity contribution in [2.75, 3.05) is 11.2 Å². The first kappa shape index (κ1) is 24.3. The summed E-state index contributed by atoms with van der Waals surface area (Å²) in [6, 6.07) is 10.0. The second-order valence-corrected chi connectivity index (χ2v) is 8.96. The number of thioether (sulfide) groups is 1. The van der Waals surface area contributed by atoms with Crippen molar-refractivity contribution in [1.82, 2.24) is 10.1 Å². The van der Waals surface area contributed by atoms with Crippen LogP contribution >= 0.6 is 35.0 Å². The molecule has 0 N–H and O–H groups in total. The molecular weight excluding hydrogens is 499 g/mol. The molecule has 8 nitrogen and oxygen atoms in total. The van der Waals surface area contributed by atoms with Crippen molar-refractivity contribution in [3.05, 3.63) is 52.0 Å². The number of fused-ring (bicyclic) bond motifs is 3. The minimum absolute atomic E-state index is 0.0476. The quantitative estimate of drug-likeness (QED) is 0.216. The van der Waals surface area contributed by atoms with Crippen LogP contribution in [0.15, 0.2) is 41.6 Å². The van der Waals surface area contributed by atoms with Crippen LogP contribution in [-0.4, -0.2) is 28.2 Å². The Morgan fingerprint density at radius 2 is 1.94 bits per heavy atom. The van der Waals surface area contributed by atoms with Crippen LogP contribution in [0.2, 0.25) is 10.0 Å². The van der Waals surface area contributed by atoms with Crippen molar-refractivity contribution < 1.29 is 24.1 Å². The van der Waals surface area contributed by atoms with E-state index in [-0.39, 0.29) is 45.4 Å². The van der Waals surface area contributed by atoms with Gasteiger partial charge in [-0.3, -0.25) is 9.59 Å². The van der Waals surface area contributed by atoms with Gasteiger partial charge in [-0.1, -0.05) is 65.6 Å². The van der Waals surface area contributed by atoms with Gasteiger partial charge in [0.2, 0.25) is 5.91 Å². The van der Waals surface area contributed by atoms with Crippen LogP contribution in [0.4, 0.5) is 5.69 Å². The summed E-state index contributed by atoms with van der Waals surface area (Å²) in [6.45, 7) is 3.39. The first-order chi connectivity index (χ1) is 16.3. The fourth-order valence-corrected chi connectivity index (χ4v) is 4.70. The number of anilines is 1. The Hall–Kier alpha value is -2.88. The van der Waals surface area contributed by atoms with E-state index in [1.54, 1.807) is 50.4 Å². The molecule has 2 heterocycles. The number of rotatable bonds is 5. The molecule has 0 radical (unpaired) electrons. The van der Waals surface area contributed by atoms with Gasteiger partial charge in [-0.2, -0.15) is 0 Å². The van der Waals surface area contributed by atoms with Crippen LogP contribution in [-0.2, 0) is 9.59 Å². The molecule has 1 aliphatic heterocycles. The van der Waals surface area contributed by atoms with Crippen molar-refractivity contribution in [2.24, 2.45) is 0 Å². The highest BCUT2D eigenvalue weighted by molar-refractivity contribution is 7.98. The molecule has 0 spiro atoms. The molecule has 11 heteroatoms. The zero-order valence-corrected chi connectivity index (χ0v) is 20.9. The zero-order valence-electron chi connectivity index (χ0n) is 18.5. The minimum atomic E-state index is -1.00. The largest absolute Gasteiger partial charge is 0.854 e. The van der Waals surface area contributed by atoms with Gasteiger partial charge in [0.05, 0.1) is 27.7 Å². The molecule has 1 amide bonds. The molecule has 0 bridgehead atoms. The highest BCUT2D eigenvalue weighted by atomic mass is 35.5. The minimum Gasteiger partial charge on any atom is -0.854 e. The number of benzene rings is 2. The molecule has 0 aliphatic carbocycles. The third kappa shape index (κ3) is 4.19. The molecule has 1 unspecified atom stereocenters. The molecule has 3 aromatic rings. The normalized spacial score (nSPS) is 14.4. The lowest BCUT2D eigenvalue weighted by Gasteiger charge is -2.34. The van der Waals surface area contributed by atoms with Gasteiger partial charge >= 0.3 is 5.97 Å². The monoisotopic (exact) mass is 518 g/mol. The standard InChI is InChI=1S/C23H20Cl2N4O4S/c1-4-17(30)28-16-9-7-6-8-13(16)19-21(32)26-23(34-3)27-29(19)22(28)14-10-12(24)11-15(25)20(14)33-18(31)5-2/h6-11,22H,4-5H2,1-3H3. The number of hydrogen-bond donors (Lipinski definition) is 0. The van der Waals surface area contributed by atoms with Crippen LogP contribution in [0.3, 0.4) is 0 Å². The summed E-state index contributed by atoms with van der Waals surface area (Å²) in [7, 11) is 0. The SMILES string of the molecule is CCC(=O)Oc1c(Cl)cc(Cl)cc1C1N(C(=O)CC)c2ccccc2-c2c([O-])nc(SC)n[n+]21. The van der Waals surface area contributed by atoms with E-state index in [9.17, 15) is 14.7 Å². The maximum atomic E-state index is 13.3. The summed E-state index contributed by atoms with van der Waals surface area (Å²) >= 11 is 14.0. The van der Waals surface area contributed by atoms with Gasteiger partial charge in [0, 0.05) is 23.0 Å². The molecule has 176 valence electrons. The number of halogens is 2. The molecule has 4 rings (SSSR count). The summed E-state index contributed by atoms with van der Waals surface area (Å²) in [6.07, 6.45) is 1.02. The van der Waals surface area contributed by atoms with Crippen molar-refractivity contribution in [2.45, 2.75) is 38.0 Å². The van der Waals surface area contributed by atoms with Crippen LogP contribution < -0.4 is 19.4 Å². The Morgan fingerprint density at radius 3 is 2.62 bits per heavy atom. The third-order valence-corrected chi connectivity index (χ3v) is 6.33. The van der Waals surface area contributed by atoms with Gasteiger partial charge in [-0.25, -0.2) is 9.88 Å². The predicted octanol–water partition coefficient (Wildman–Crippen LogP) is 4.15. The smallest absolute Gasteiger partial charge is 0.310 e. The first-order valence-corrected chi connectivity index (χ1v) is 12.4. The van der Waals surface area contributed by atoms with E-state index in [0.29, 0.717) is 16.8 Å². The molecule has 34 heavy (non-hydrogen) atoms. The molecule has 1 atom stereocenters. The Balaban J connectivity index is 2.11. The highest BCUT2D eigenvalue weighted by Gasteiger charge is 2.46. The van der Waals surface area contributed by atoms with E-state index >= 15 is 0 Å². The number of amides is 1. The maximum Gasteiger partial charge on any atom is 0.310 e. The molecule has 0 fully saturated rings. The fourth-order valence-electron chi connectivity index (χ4n) is 3.81. The van der Waals surface area contributed by atoms with Gasteiger partial charge in [-0.15, -0.1) is 0 Å². The number of carbonyl (C=O) groups excluding carboxylic acids is 2. The summed E-state index contributed by atoms with van der Waals surface area (Å²) in [5, 5.41) is 18.3. The second-order valence-electron chi connectivity index (χ2n) is 7.34. The number of nitrogens with zero attached hydrogens (tertiary/aromatic N) is 4. The molecule has 2 aromatic carbocycles. The third-order valence-electron chi connectivity index (χ3n) is 5.29. The zero-order chi connectivity index (χ0) is 24.6. The lowest BCUT2D eigenvalue weighted by atomic mass is 10.00. The molecule has 1 aliphatic rings. The summed E-state index contributed by atoms with van der Waals surface area (Å²) in [5.41, 5.74) is 1.52. The Bertz CT molecular complexity index is 1300. The van der Waals surface area contributed by atoms with Gasteiger partial charge in [0.15, 0.2) is 5.75 Å². The molecule has 0 saturated heterocycles. The van der Waals surface area contributed by atoms with Crippen LogP contribution in [0.5, 0.6) is 11.6 Å².